The van der Waals surface area contributed by atoms with Crippen LogP contribution in [0.25, 0.3) is 0 Å². The number of nitriles is 1. The molecule has 0 aromatic carbocycles. The van der Waals surface area contributed by atoms with Crippen molar-refractivity contribution in [3.05, 3.63) is 29.0 Å². The van der Waals surface area contributed by atoms with Gasteiger partial charge in [-0.25, -0.2) is 0 Å². The fraction of sp³-hybridized carbons (Fsp3) is 0.533. The number of hydrogen-bond acceptors (Lipinski definition) is 3. The summed E-state index contributed by atoms with van der Waals surface area (Å²) in [6.07, 6.45) is 5.94. The summed E-state index contributed by atoms with van der Waals surface area (Å²) in [5.74, 6) is 0.0432. The van der Waals surface area contributed by atoms with Gasteiger partial charge in [0.1, 0.15) is 5.41 Å². The Morgan fingerprint density at radius 3 is 2.84 bits per heavy atom. The molecule has 0 N–H and O–H groups in total. The number of carbonyl (C=O) groups is 1. The standard InChI is InChI=1S/C15H17ClN2O/c1-14(2)5-3-6-15(10-17,13(14)19)8-11-4-7-18-9-12(11)16/h4,7,9H,3,5-6,8H2,1-2H3. The van der Waals surface area contributed by atoms with E-state index in [-0.39, 0.29) is 5.78 Å². The fourth-order valence-electron chi connectivity index (χ4n) is 2.89. The molecule has 1 aliphatic carbocycles. The van der Waals surface area contributed by atoms with Crippen LogP contribution in [0, 0.1) is 22.2 Å². The van der Waals surface area contributed by atoms with Crippen molar-refractivity contribution in [1.29, 1.82) is 5.26 Å². The molecule has 0 aliphatic heterocycles. The van der Waals surface area contributed by atoms with Crippen molar-refractivity contribution in [2.75, 3.05) is 0 Å². The van der Waals surface area contributed by atoms with E-state index in [4.69, 9.17) is 11.6 Å². The molecule has 1 aromatic rings. The van der Waals surface area contributed by atoms with Gasteiger partial charge in [-0.05, 0) is 30.9 Å². The third kappa shape index (κ3) is 2.50. The summed E-state index contributed by atoms with van der Waals surface area (Å²) in [7, 11) is 0. The van der Waals surface area contributed by atoms with Crippen molar-refractivity contribution in [2.45, 2.75) is 39.5 Å². The van der Waals surface area contributed by atoms with Gasteiger partial charge in [0.05, 0.1) is 11.1 Å². The van der Waals surface area contributed by atoms with E-state index in [1.807, 2.05) is 13.8 Å². The highest BCUT2D eigenvalue weighted by Gasteiger charge is 2.49. The molecule has 1 aliphatic rings. The quantitative estimate of drug-likeness (QED) is 0.830. The Hall–Kier alpha value is -1.40. The average molecular weight is 277 g/mol. The number of carbonyl (C=O) groups excluding carboxylic acids is 1. The molecule has 0 amide bonds. The Balaban J connectivity index is 2.37. The lowest BCUT2D eigenvalue weighted by molar-refractivity contribution is -0.138. The number of nitrogens with zero attached hydrogens (tertiary/aromatic N) is 2. The van der Waals surface area contributed by atoms with Crippen LogP contribution in [0.4, 0.5) is 0 Å². The molecule has 0 bridgehead atoms. The van der Waals surface area contributed by atoms with Gasteiger partial charge < -0.3 is 0 Å². The first-order valence-electron chi connectivity index (χ1n) is 6.46. The second kappa shape index (κ2) is 4.94. The maximum absolute atomic E-state index is 12.6. The Kier molecular flexibility index (Phi) is 3.64. The van der Waals surface area contributed by atoms with Gasteiger partial charge in [-0.2, -0.15) is 5.26 Å². The minimum Gasteiger partial charge on any atom is -0.297 e. The normalized spacial score (nSPS) is 25.9. The monoisotopic (exact) mass is 276 g/mol. The smallest absolute Gasteiger partial charge is 0.158 e. The van der Waals surface area contributed by atoms with Gasteiger partial charge in [0, 0.05) is 17.8 Å². The lowest BCUT2D eigenvalue weighted by atomic mass is 9.61. The number of halogens is 1. The molecule has 3 nitrogen and oxygen atoms in total. The van der Waals surface area contributed by atoms with E-state index in [0.29, 0.717) is 17.9 Å². The Morgan fingerprint density at radius 2 is 2.21 bits per heavy atom. The fourth-order valence-corrected chi connectivity index (χ4v) is 3.08. The van der Waals surface area contributed by atoms with E-state index in [9.17, 15) is 10.1 Å². The van der Waals surface area contributed by atoms with Gasteiger partial charge >= 0.3 is 0 Å². The third-order valence-electron chi connectivity index (χ3n) is 4.02. The number of rotatable bonds is 2. The first-order chi connectivity index (χ1) is 8.91. The summed E-state index contributed by atoms with van der Waals surface area (Å²) >= 11 is 6.10. The summed E-state index contributed by atoms with van der Waals surface area (Å²) in [6.45, 7) is 3.85. The molecule has 1 saturated carbocycles. The van der Waals surface area contributed by atoms with E-state index in [1.165, 1.54) is 0 Å². The zero-order chi connectivity index (χ0) is 14.1. The van der Waals surface area contributed by atoms with E-state index in [0.717, 1.165) is 18.4 Å². The predicted octanol–water partition coefficient (Wildman–Crippen LogP) is 3.57. The number of Topliss-reactive ketones (excluding diaryl/α,β-unsaturated/α-hetero) is 1. The predicted molar refractivity (Wildman–Crippen MR) is 73.6 cm³/mol. The zero-order valence-electron chi connectivity index (χ0n) is 11.2. The van der Waals surface area contributed by atoms with E-state index in [2.05, 4.69) is 11.1 Å². The van der Waals surface area contributed by atoms with Crippen molar-refractivity contribution in [3.8, 4) is 6.07 Å². The van der Waals surface area contributed by atoms with Crippen LogP contribution in [0.3, 0.4) is 0 Å². The van der Waals surface area contributed by atoms with Crippen molar-refractivity contribution < 1.29 is 4.79 Å². The Morgan fingerprint density at radius 1 is 1.47 bits per heavy atom. The van der Waals surface area contributed by atoms with Gasteiger partial charge in [-0.3, -0.25) is 9.78 Å². The van der Waals surface area contributed by atoms with Crippen LogP contribution in [-0.4, -0.2) is 10.8 Å². The second-order valence-corrected chi connectivity index (χ2v) is 6.31. The molecule has 1 atom stereocenters. The number of hydrogen-bond donors (Lipinski definition) is 0. The summed E-state index contributed by atoms with van der Waals surface area (Å²) < 4.78 is 0. The van der Waals surface area contributed by atoms with Crippen molar-refractivity contribution in [3.63, 3.8) is 0 Å². The average Bonchev–Trinajstić information content (AvgIpc) is 2.38. The van der Waals surface area contributed by atoms with Crippen LogP contribution in [0.5, 0.6) is 0 Å². The lowest BCUT2D eigenvalue weighted by Crippen LogP contribution is -2.45. The van der Waals surface area contributed by atoms with Gasteiger partial charge in [-0.15, -0.1) is 0 Å². The zero-order valence-corrected chi connectivity index (χ0v) is 12.0. The molecule has 0 saturated heterocycles. The molecular weight excluding hydrogens is 260 g/mol. The van der Waals surface area contributed by atoms with E-state index in [1.54, 1.807) is 18.5 Å². The summed E-state index contributed by atoms with van der Waals surface area (Å²) in [4.78, 5) is 16.6. The van der Waals surface area contributed by atoms with Gasteiger partial charge in [0.2, 0.25) is 0 Å². The van der Waals surface area contributed by atoms with Gasteiger partial charge in [0.15, 0.2) is 5.78 Å². The van der Waals surface area contributed by atoms with Gasteiger partial charge in [-0.1, -0.05) is 31.9 Å². The molecule has 0 radical (unpaired) electrons. The van der Waals surface area contributed by atoms with E-state index < -0.39 is 10.8 Å². The van der Waals surface area contributed by atoms with Crippen LogP contribution >= 0.6 is 11.6 Å². The molecule has 1 unspecified atom stereocenters. The third-order valence-corrected chi connectivity index (χ3v) is 4.36. The highest BCUT2D eigenvalue weighted by atomic mass is 35.5. The van der Waals surface area contributed by atoms with Crippen molar-refractivity contribution in [1.82, 2.24) is 4.98 Å². The first-order valence-corrected chi connectivity index (χ1v) is 6.84. The topological polar surface area (TPSA) is 53.8 Å². The van der Waals surface area contributed by atoms with Crippen LogP contribution < -0.4 is 0 Å². The van der Waals surface area contributed by atoms with Gasteiger partial charge in [0.25, 0.3) is 0 Å². The summed E-state index contributed by atoms with van der Waals surface area (Å²) in [6, 6.07) is 4.06. The second-order valence-electron chi connectivity index (χ2n) is 5.90. The first kappa shape index (κ1) is 14.0. The Bertz CT molecular complexity index is 547. The minimum absolute atomic E-state index is 0.0432. The number of aromatic nitrogens is 1. The minimum atomic E-state index is -0.938. The maximum Gasteiger partial charge on any atom is 0.158 e. The molecule has 1 heterocycles. The van der Waals surface area contributed by atoms with Crippen LogP contribution in [0.2, 0.25) is 5.02 Å². The SMILES string of the molecule is CC1(C)CCCC(C#N)(Cc2ccncc2Cl)C1=O. The molecule has 19 heavy (non-hydrogen) atoms. The largest absolute Gasteiger partial charge is 0.297 e. The molecule has 0 spiro atoms. The number of ketones is 1. The molecular formula is C15H17ClN2O. The Labute approximate surface area is 118 Å². The van der Waals surface area contributed by atoms with Crippen LogP contribution in [0.1, 0.15) is 38.7 Å². The molecule has 100 valence electrons. The molecule has 1 aromatic heterocycles. The van der Waals surface area contributed by atoms with Crippen LogP contribution in [0.15, 0.2) is 18.5 Å². The highest BCUT2D eigenvalue weighted by Crippen LogP contribution is 2.45. The number of pyridine rings is 1. The lowest BCUT2D eigenvalue weighted by Gasteiger charge is -2.39. The highest BCUT2D eigenvalue weighted by molar-refractivity contribution is 6.31. The summed E-state index contributed by atoms with van der Waals surface area (Å²) in [5, 5.41) is 10.1. The van der Waals surface area contributed by atoms with Crippen LogP contribution in [-0.2, 0) is 11.2 Å². The molecule has 4 heteroatoms. The maximum atomic E-state index is 12.6. The van der Waals surface area contributed by atoms with Crippen molar-refractivity contribution in [2.24, 2.45) is 10.8 Å². The van der Waals surface area contributed by atoms with E-state index >= 15 is 0 Å². The van der Waals surface area contributed by atoms with Crippen molar-refractivity contribution >= 4 is 17.4 Å². The molecule has 2 rings (SSSR count). The molecule has 1 fully saturated rings. The summed E-state index contributed by atoms with van der Waals surface area (Å²) in [5.41, 5.74) is -0.537.